The molecule has 1 aliphatic heterocycles. The van der Waals surface area contributed by atoms with Crippen LogP contribution in [0.15, 0.2) is 24.3 Å². The summed E-state index contributed by atoms with van der Waals surface area (Å²) in [4.78, 5) is 11.9. The normalized spacial score (nSPS) is 18.1. The Morgan fingerprint density at radius 1 is 1.12 bits per heavy atom. The lowest BCUT2D eigenvalue weighted by Crippen LogP contribution is -2.25. The minimum Gasteiger partial charge on any atom is -0.381 e. The number of hydrogen-bond acceptors (Lipinski definition) is 2. The van der Waals surface area contributed by atoms with Crippen LogP contribution in [0.1, 0.15) is 28.8 Å². The van der Waals surface area contributed by atoms with E-state index in [1.807, 2.05) is 24.3 Å². The van der Waals surface area contributed by atoms with Crippen LogP contribution in [0.5, 0.6) is 0 Å². The molecule has 86 valence electrons. The van der Waals surface area contributed by atoms with Gasteiger partial charge in [0.05, 0.1) is 0 Å². The zero-order valence-corrected chi connectivity index (χ0v) is 9.37. The number of rotatable bonds is 0. The fourth-order valence-electron chi connectivity index (χ4n) is 1.90. The molecule has 2 rings (SSSR count). The van der Waals surface area contributed by atoms with Crippen LogP contribution in [0.25, 0.3) is 0 Å². The largest absolute Gasteiger partial charge is 0.381 e. The molecule has 1 amide bonds. The number of nitrogens with one attached hydrogen (secondary N) is 1. The van der Waals surface area contributed by atoms with E-state index in [1.165, 1.54) is 0 Å². The molecule has 0 aliphatic carbocycles. The summed E-state index contributed by atoms with van der Waals surface area (Å²) in [6, 6.07) is 7.80. The molecule has 3 heteroatoms. The van der Waals surface area contributed by atoms with Crippen molar-refractivity contribution in [2.24, 2.45) is 0 Å². The molecule has 0 spiro atoms. The molecule has 1 aromatic rings. The molecule has 0 aromatic heterocycles. The van der Waals surface area contributed by atoms with Gasteiger partial charge < -0.3 is 10.1 Å². The Morgan fingerprint density at radius 3 is 2.88 bits per heavy atom. The van der Waals surface area contributed by atoms with E-state index in [4.69, 9.17) is 4.74 Å². The lowest BCUT2D eigenvalue weighted by molar-refractivity contribution is 0.0944. The Balaban J connectivity index is 2.17. The fraction of sp³-hybridized carbons (Fsp3) is 0.462. The minimum atomic E-state index is 0.0394. The molecule has 0 saturated carbocycles. The number of carbonyl (C=O) groups is 1. The van der Waals surface area contributed by atoms with Crippen LogP contribution in [-0.2, 0) is 11.2 Å². The number of benzene rings is 1. The molecule has 0 atom stereocenters. The van der Waals surface area contributed by atoms with Crippen molar-refractivity contribution in [2.45, 2.75) is 19.3 Å². The predicted molar refractivity (Wildman–Crippen MR) is 62.5 cm³/mol. The first kappa shape index (κ1) is 11.1. The van der Waals surface area contributed by atoms with E-state index in [0.717, 1.165) is 43.6 Å². The third-order valence-electron chi connectivity index (χ3n) is 2.75. The molecule has 0 unspecified atom stereocenters. The van der Waals surface area contributed by atoms with Gasteiger partial charge in [0.15, 0.2) is 0 Å². The molecular weight excluding hydrogens is 202 g/mol. The number of aryl methyl sites for hydroxylation is 1. The Hall–Kier alpha value is -1.35. The molecule has 1 aliphatic rings. The minimum absolute atomic E-state index is 0.0394. The van der Waals surface area contributed by atoms with Gasteiger partial charge >= 0.3 is 0 Å². The molecule has 1 heterocycles. The number of fused-ring (bicyclic) bond motifs is 1. The highest BCUT2D eigenvalue weighted by Gasteiger charge is 2.10. The average Bonchev–Trinajstić information content (AvgIpc) is 2.35. The summed E-state index contributed by atoms with van der Waals surface area (Å²) < 4.78 is 5.46. The summed E-state index contributed by atoms with van der Waals surface area (Å²) in [7, 11) is 0. The molecule has 16 heavy (non-hydrogen) atoms. The quantitative estimate of drug-likeness (QED) is 0.722. The SMILES string of the molecule is O=C1NCCCOCCCc2ccccc21. The summed E-state index contributed by atoms with van der Waals surface area (Å²) in [5, 5.41) is 2.92. The summed E-state index contributed by atoms with van der Waals surface area (Å²) in [6.07, 6.45) is 2.77. The third kappa shape index (κ3) is 2.83. The van der Waals surface area contributed by atoms with E-state index in [0.29, 0.717) is 6.54 Å². The standard InChI is InChI=1S/C13H17NO2/c15-13-12-7-2-1-5-11(12)6-3-9-16-10-4-8-14-13/h1-2,5,7H,3-4,6,8-10H2,(H,14,15). The number of carbonyl (C=O) groups excluding carboxylic acids is 1. The first-order chi connectivity index (χ1) is 7.88. The van der Waals surface area contributed by atoms with Gasteiger partial charge in [0.2, 0.25) is 0 Å². The van der Waals surface area contributed by atoms with E-state index >= 15 is 0 Å². The molecular formula is C13H17NO2. The maximum Gasteiger partial charge on any atom is 0.251 e. The average molecular weight is 219 g/mol. The summed E-state index contributed by atoms with van der Waals surface area (Å²) in [6.45, 7) is 2.20. The van der Waals surface area contributed by atoms with Crippen LogP contribution in [0, 0.1) is 0 Å². The number of hydrogen-bond donors (Lipinski definition) is 1. The zero-order chi connectivity index (χ0) is 11.2. The molecule has 3 nitrogen and oxygen atoms in total. The van der Waals surface area contributed by atoms with Crippen molar-refractivity contribution in [2.75, 3.05) is 19.8 Å². The van der Waals surface area contributed by atoms with E-state index < -0.39 is 0 Å². The lowest BCUT2D eigenvalue weighted by Gasteiger charge is -2.08. The molecule has 0 bridgehead atoms. The van der Waals surface area contributed by atoms with E-state index in [9.17, 15) is 4.79 Å². The predicted octanol–water partition coefficient (Wildman–Crippen LogP) is 1.77. The highest BCUT2D eigenvalue weighted by molar-refractivity contribution is 5.95. The summed E-state index contributed by atoms with van der Waals surface area (Å²) in [5.74, 6) is 0.0394. The van der Waals surface area contributed by atoms with Gasteiger partial charge in [-0.1, -0.05) is 18.2 Å². The molecule has 0 fully saturated rings. The highest BCUT2D eigenvalue weighted by atomic mass is 16.5. The van der Waals surface area contributed by atoms with E-state index in [2.05, 4.69) is 5.32 Å². The van der Waals surface area contributed by atoms with Crippen molar-refractivity contribution in [1.82, 2.24) is 5.32 Å². The highest BCUT2D eigenvalue weighted by Crippen LogP contribution is 2.11. The zero-order valence-electron chi connectivity index (χ0n) is 9.37. The monoisotopic (exact) mass is 219 g/mol. The second kappa shape index (κ2) is 5.66. The van der Waals surface area contributed by atoms with Crippen LogP contribution in [0.3, 0.4) is 0 Å². The molecule has 1 N–H and O–H groups in total. The molecule has 1 aromatic carbocycles. The second-order valence-electron chi connectivity index (χ2n) is 3.98. The van der Waals surface area contributed by atoms with Gasteiger partial charge in [0, 0.05) is 25.3 Å². The Labute approximate surface area is 95.8 Å². The fourth-order valence-corrected chi connectivity index (χ4v) is 1.90. The molecule has 0 radical (unpaired) electrons. The lowest BCUT2D eigenvalue weighted by atomic mass is 10.0. The van der Waals surface area contributed by atoms with Gasteiger partial charge in [-0.15, -0.1) is 0 Å². The maximum absolute atomic E-state index is 11.9. The van der Waals surface area contributed by atoms with Crippen LogP contribution >= 0.6 is 0 Å². The number of amides is 1. The van der Waals surface area contributed by atoms with Gasteiger partial charge in [-0.05, 0) is 30.9 Å². The van der Waals surface area contributed by atoms with Crippen molar-refractivity contribution in [3.05, 3.63) is 35.4 Å². The Kier molecular flexibility index (Phi) is 3.94. The summed E-state index contributed by atoms with van der Waals surface area (Å²) >= 11 is 0. The smallest absolute Gasteiger partial charge is 0.251 e. The topological polar surface area (TPSA) is 38.3 Å². The van der Waals surface area contributed by atoms with Gasteiger partial charge in [-0.2, -0.15) is 0 Å². The van der Waals surface area contributed by atoms with Crippen molar-refractivity contribution < 1.29 is 9.53 Å². The van der Waals surface area contributed by atoms with Crippen LogP contribution < -0.4 is 5.32 Å². The maximum atomic E-state index is 11.9. The first-order valence-corrected chi connectivity index (χ1v) is 5.82. The van der Waals surface area contributed by atoms with Crippen molar-refractivity contribution in [3.63, 3.8) is 0 Å². The van der Waals surface area contributed by atoms with E-state index in [-0.39, 0.29) is 5.91 Å². The third-order valence-corrected chi connectivity index (χ3v) is 2.75. The number of ether oxygens (including phenoxy) is 1. The first-order valence-electron chi connectivity index (χ1n) is 5.82. The van der Waals surface area contributed by atoms with Gasteiger partial charge in [-0.3, -0.25) is 4.79 Å². The second-order valence-corrected chi connectivity index (χ2v) is 3.98. The van der Waals surface area contributed by atoms with Gasteiger partial charge in [0.25, 0.3) is 5.91 Å². The van der Waals surface area contributed by atoms with Crippen LogP contribution in [-0.4, -0.2) is 25.7 Å². The van der Waals surface area contributed by atoms with Crippen LogP contribution in [0.4, 0.5) is 0 Å². The summed E-state index contributed by atoms with van der Waals surface area (Å²) in [5.41, 5.74) is 1.93. The van der Waals surface area contributed by atoms with Crippen LogP contribution in [0.2, 0.25) is 0 Å². The Bertz CT molecular complexity index is 363. The van der Waals surface area contributed by atoms with Crippen molar-refractivity contribution in [1.29, 1.82) is 0 Å². The van der Waals surface area contributed by atoms with Gasteiger partial charge in [-0.25, -0.2) is 0 Å². The Morgan fingerprint density at radius 2 is 1.94 bits per heavy atom. The van der Waals surface area contributed by atoms with E-state index in [1.54, 1.807) is 0 Å². The van der Waals surface area contributed by atoms with Crippen molar-refractivity contribution in [3.8, 4) is 0 Å². The van der Waals surface area contributed by atoms with Gasteiger partial charge in [0.1, 0.15) is 0 Å². The molecule has 0 saturated heterocycles. The van der Waals surface area contributed by atoms with Crippen molar-refractivity contribution >= 4 is 5.91 Å².